The van der Waals surface area contributed by atoms with Crippen LogP contribution in [0.15, 0.2) is 47.5 Å². The van der Waals surface area contributed by atoms with Gasteiger partial charge in [-0.2, -0.15) is 13.2 Å². The first-order chi connectivity index (χ1) is 11.3. The van der Waals surface area contributed by atoms with Gasteiger partial charge >= 0.3 is 6.18 Å². The number of nitrogens with zero attached hydrogens (tertiary/aromatic N) is 1. The Balaban J connectivity index is 2.13. The average Bonchev–Trinajstić information content (AvgIpc) is 2.53. The van der Waals surface area contributed by atoms with Crippen molar-refractivity contribution in [1.82, 2.24) is 4.98 Å². The highest BCUT2D eigenvalue weighted by Crippen LogP contribution is 2.28. The molecule has 2 aromatic rings. The molecule has 24 heavy (non-hydrogen) atoms. The zero-order valence-electron chi connectivity index (χ0n) is 12.1. The molecule has 5 nitrogen and oxygen atoms in total. The molecule has 0 atom stereocenters. The lowest BCUT2D eigenvalue weighted by molar-refractivity contribution is -0.141. The molecule has 0 aliphatic heterocycles. The molecule has 1 aromatic heterocycles. The summed E-state index contributed by atoms with van der Waals surface area (Å²) in [6.45, 7) is 0. The van der Waals surface area contributed by atoms with Crippen LogP contribution in [0.4, 0.5) is 18.9 Å². The van der Waals surface area contributed by atoms with E-state index in [2.05, 4.69) is 10.3 Å². The summed E-state index contributed by atoms with van der Waals surface area (Å²) in [4.78, 5) is 26.8. The van der Waals surface area contributed by atoms with Crippen LogP contribution in [-0.4, -0.2) is 22.6 Å². The summed E-state index contributed by atoms with van der Waals surface area (Å²) in [5.41, 5.74) is 4.42. The largest absolute Gasteiger partial charge is 0.433 e. The van der Waals surface area contributed by atoms with Crippen LogP contribution in [0.1, 0.15) is 16.1 Å². The first-order valence-corrected chi connectivity index (χ1v) is 7.60. The Morgan fingerprint density at radius 1 is 1.17 bits per heavy atom. The molecule has 9 heteroatoms. The van der Waals surface area contributed by atoms with E-state index in [1.807, 2.05) is 0 Å². The second-order valence-electron chi connectivity index (χ2n) is 4.64. The van der Waals surface area contributed by atoms with Gasteiger partial charge < -0.3 is 11.1 Å². The number of rotatable bonds is 5. The number of thioether (sulfide) groups is 1. The van der Waals surface area contributed by atoms with Crippen molar-refractivity contribution in [3.05, 3.63) is 53.9 Å². The number of carbonyl (C=O) groups excluding carboxylic acids is 2. The quantitative estimate of drug-likeness (QED) is 0.808. The lowest BCUT2D eigenvalue weighted by Gasteiger charge is -2.10. The number of benzene rings is 1. The van der Waals surface area contributed by atoms with Gasteiger partial charge in [-0.3, -0.25) is 14.6 Å². The third-order valence-electron chi connectivity index (χ3n) is 2.82. The van der Waals surface area contributed by atoms with Crippen LogP contribution >= 0.6 is 11.8 Å². The Labute approximate surface area is 139 Å². The summed E-state index contributed by atoms with van der Waals surface area (Å²) in [5.74, 6) is -1.08. The summed E-state index contributed by atoms with van der Waals surface area (Å²) < 4.78 is 37.4. The minimum absolute atomic E-state index is 0.0160. The molecule has 0 bridgehead atoms. The lowest BCUT2D eigenvalue weighted by Crippen LogP contribution is -2.15. The van der Waals surface area contributed by atoms with Crippen LogP contribution < -0.4 is 11.1 Å². The number of halogens is 3. The Bertz CT molecular complexity index is 748. The van der Waals surface area contributed by atoms with Crippen LogP contribution in [0.5, 0.6) is 0 Å². The van der Waals surface area contributed by atoms with Gasteiger partial charge in [0.05, 0.1) is 17.0 Å². The van der Waals surface area contributed by atoms with Gasteiger partial charge in [0, 0.05) is 11.1 Å². The number of nitrogens with one attached hydrogen (secondary N) is 1. The first-order valence-electron chi connectivity index (χ1n) is 6.62. The predicted octanol–water partition coefficient (Wildman–Crippen LogP) is 2.93. The molecule has 0 fully saturated rings. The number of para-hydroxylation sites is 1. The van der Waals surface area contributed by atoms with Crippen molar-refractivity contribution in [3.63, 3.8) is 0 Å². The molecular weight excluding hydrogens is 343 g/mol. The van der Waals surface area contributed by atoms with Crippen LogP contribution in [0, 0.1) is 0 Å². The molecule has 126 valence electrons. The van der Waals surface area contributed by atoms with E-state index in [1.165, 1.54) is 0 Å². The van der Waals surface area contributed by atoms with Gasteiger partial charge in [0.15, 0.2) is 0 Å². The number of aromatic nitrogens is 1. The Morgan fingerprint density at radius 2 is 1.88 bits per heavy atom. The third-order valence-corrected chi connectivity index (χ3v) is 3.92. The number of hydrogen-bond acceptors (Lipinski definition) is 4. The fourth-order valence-corrected chi connectivity index (χ4v) is 2.48. The van der Waals surface area contributed by atoms with Crippen molar-refractivity contribution in [2.45, 2.75) is 11.1 Å². The molecule has 0 aliphatic carbocycles. The number of nitrogens with two attached hydrogens (primary N) is 1. The van der Waals surface area contributed by atoms with Crippen molar-refractivity contribution in [1.29, 1.82) is 0 Å². The fourth-order valence-electron chi connectivity index (χ4n) is 1.74. The monoisotopic (exact) mass is 355 g/mol. The van der Waals surface area contributed by atoms with Gasteiger partial charge in [0.2, 0.25) is 5.91 Å². The van der Waals surface area contributed by atoms with E-state index in [0.29, 0.717) is 10.6 Å². The zero-order valence-corrected chi connectivity index (χ0v) is 12.9. The minimum Gasteiger partial charge on any atom is -0.369 e. The number of alkyl halides is 3. The Hall–Kier alpha value is -2.55. The lowest BCUT2D eigenvalue weighted by atomic mass is 10.2. The SMILES string of the molecule is NC(=O)CSc1ccccc1NC(=O)c1ccc(C(F)(F)F)nc1. The van der Waals surface area contributed by atoms with Gasteiger partial charge in [0.25, 0.3) is 5.91 Å². The average molecular weight is 355 g/mol. The molecule has 1 heterocycles. The van der Waals surface area contributed by atoms with E-state index in [4.69, 9.17) is 5.73 Å². The number of hydrogen-bond donors (Lipinski definition) is 2. The molecule has 2 rings (SSSR count). The summed E-state index contributed by atoms with van der Waals surface area (Å²) >= 11 is 1.14. The standard InChI is InChI=1S/C15H12F3N3O2S/c16-15(17,18)12-6-5-9(7-20-12)14(23)21-10-3-1-2-4-11(10)24-8-13(19)22/h1-7H,8H2,(H2,19,22)(H,21,23). The summed E-state index contributed by atoms with van der Waals surface area (Å²) in [6.07, 6.45) is -3.70. The summed E-state index contributed by atoms with van der Waals surface area (Å²) in [7, 11) is 0. The maximum Gasteiger partial charge on any atom is 0.433 e. The number of pyridine rings is 1. The molecule has 3 N–H and O–H groups in total. The van der Waals surface area contributed by atoms with E-state index < -0.39 is 23.7 Å². The first kappa shape index (κ1) is 17.8. The maximum absolute atomic E-state index is 12.5. The van der Waals surface area contributed by atoms with E-state index >= 15 is 0 Å². The molecule has 0 aliphatic rings. The smallest absolute Gasteiger partial charge is 0.369 e. The normalized spacial score (nSPS) is 11.1. The Morgan fingerprint density at radius 3 is 2.46 bits per heavy atom. The minimum atomic E-state index is -4.56. The maximum atomic E-state index is 12.5. The number of carbonyl (C=O) groups is 2. The molecule has 0 radical (unpaired) electrons. The molecule has 1 aromatic carbocycles. The zero-order chi connectivity index (χ0) is 17.7. The van der Waals surface area contributed by atoms with E-state index in [0.717, 1.165) is 30.1 Å². The van der Waals surface area contributed by atoms with Crippen LogP contribution in [0.3, 0.4) is 0 Å². The van der Waals surface area contributed by atoms with Gasteiger partial charge in [-0.15, -0.1) is 11.8 Å². The van der Waals surface area contributed by atoms with Crippen molar-refractivity contribution >= 4 is 29.3 Å². The molecule has 0 spiro atoms. The summed E-state index contributed by atoms with van der Waals surface area (Å²) in [6, 6.07) is 8.48. The van der Waals surface area contributed by atoms with Gasteiger partial charge in [0.1, 0.15) is 5.69 Å². The van der Waals surface area contributed by atoms with Crippen LogP contribution in [-0.2, 0) is 11.0 Å². The van der Waals surface area contributed by atoms with Crippen LogP contribution in [0.2, 0.25) is 0 Å². The third kappa shape index (κ3) is 4.72. The Kier molecular flexibility index (Phi) is 5.45. The van der Waals surface area contributed by atoms with Crippen molar-refractivity contribution in [3.8, 4) is 0 Å². The second kappa shape index (κ2) is 7.35. The number of anilines is 1. The van der Waals surface area contributed by atoms with Crippen molar-refractivity contribution in [2.24, 2.45) is 5.73 Å². The number of primary amides is 1. The highest BCUT2D eigenvalue weighted by molar-refractivity contribution is 8.00. The highest BCUT2D eigenvalue weighted by atomic mass is 32.2. The van der Waals surface area contributed by atoms with Crippen molar-refractivity contribution in [2.75, 3.05) is 11.1 Å². The molecule has 0 unspecified atom stereocenters. The molecule has 2 amide bonds. The van der Waals surface area contributed by atoms with Gasteiger partial charge in [-0.25, -0.2) is 0 Å². The fraction of sp³-hybridized carbons (Fsp3) is 0.133. The molecular formula is C15H12F3N3O2S. The van der Waals surface area contributed by atoms with Crippen LogP contribution in [0.25, 0.3) is 0 Å². The number of amides is 2. The van der Waals surface area contributed by atoms with Crippen molar-refractivity contribution < 1.29 is 22.8 Å². The molecule has 0 saturated heterocycles. The van der Waals surface area contributed by atoms with E-state index in [9.17, 15) is 22.8 Å². The van der Waals surface area contributed by atoms with E-state index in [1.54, 1.807) is 24.3 Å². The molecule has 0 saturated carbocycles. The van der Waals surface area contributed by atoms with Gasteiger partial charge in [-0.1, -0.05) is 12.1 Å². The second-order valence-corrected chi connectivity index (χ2v) is 5.65. The topological polar surface area (TPSA) is 85.1 Å². The predicted molar refractivity (Wildman–Crippen MR) is 83.6 cm³/mol. The van der Waals surface area contributed by atoms with E-state index in [-0.39, 0.29) is 11.3 Å². The highest BCUT2D eigenvalue weighted by Gasteiger charge is 2.32. The van der Waals surface area contributed by atoms with Gasteiger partial charge in [-0.05, 0) is 24.3 Å². The summed E-state index contributed by atoms with van der Waals surface area (Å²) in [5, 5.41) is 2.58.